The summed E-state index contributed by atoms with van der Waals surface area (Å²) in [5, 5.41) is 3.66. The number of methoxy groups -OCH3 is 1. The smallest absolute Gasteiger partial charge is 0.0615 e. The molecule has 0 aromatic carbocycles. The molecule has 1 fully saturated rings. The molecule has 1 rings (SSSR count). The zero-order valence-electron chi connectivity index (χ0n) is 12.2. The van der Waals surface area contributed by atoms with Crippen LogP contribution in [0.25, 0.3) is 0 Å². The van der Waals surface area contributed by atoms with Gasteiger partial charge < -0.3 is 20.7 Å². The van der Waals surface area contributed by atoms with Crippen molar-refractivity contribution in [3.63, 3.8) is 0 Å². The highest BCUT2D eigenvalue weighted by atomic mass is 16.5. The van der Waals surface area contributed by atoms with E-state index in [2.05, 4.69) is 17.1 Å². The van der Waals surface area contributed by atoms with E-state index in [1.54, 1.807) is 7.11 Å². The number of piperidine rings is 1. The average Bonchev–Trinajstić information content (AvgIpc) is 2.42. The summed E-state index contributed by atoms with van der Waals surface area (Å²) in [6.45, 7) is 8.69. The van der Waals surface area contributed by atoms with Crippen molar-refractivity contribution in [1.29, 1.82) is 0 Å². The molecule has 0 bridgehead atoms. The predicted octanol–water partition coefficient (Wildman–Crippen LogP) is 1.06. The predicted molar refractivity (Wildman–Crippen MR) is 76.8 cm³/mol. The second-order valence-corrected chi connectivity index (χ2v) is 5.37. The Morgan fingerprint density at radius 1 is 1.39 bits per heavy atom. The van der Waals surface area contributed by atoms with Crippen molar-refractivity contribution in [2.45, 2.75) is 38.6 Å². The van der Waals surface area contributed by atoms with E-state index in [0.717, 1.165) is 38.5 Å². The summed E-state index contributed by atoms with van der Waals surface area (Å²) in [5.74, 6) is 0.838. The van der Waals surface area contributed by atoms with E-state index in [1.165, 1.54) is 32.5 Å². The van der Waals surface area contributed by atoms with Gasteiger partial charge in [0, 0.05) is 13.2 Å². The molecule has 0 aromatic rings. The average molecular weight is 257 g/mol. The van der Waals surface area contributed by atoms with Gasteiger partial charge in [-0.25, -0.2) is 0 Å². The molecule has 0 aromatic heterocycles. The molecular weight excluding hydrogens is 226 g/mol. The van der Waals surface area contributed by atoms with Gasteiger partial charge in [-0.3, -0.25) is 0 Å². The van der Waals surface area contributed by atoms with Gasteiger partial charge in [0.25, 0.3) is 0 Å². The molecule has 3 N–H and O–H groups in total. The Bertz CT molecular complexity index is 193. The van der Waals surface area contributed by atoms with Crippen molar-refractivity contribution in [2.24, 2.45) is 11.7 Å². The first kappa shape index (κ1) is 15.9. The fourth-order valence-electron chi connectivity index (χ4n) is 2.65. The molecule has 0 aliphatic carbocycles. The van der Waals surface area contributed by atoms with Crippen LogP contribution in [0.5, 0.6) is 0 Å². The summed E-state index contributed by atoms with van der Waals surface area (Å²) in [6, 6.07) is 0.475. The monoisotopic (exact) mass is 257 g/mol. The molecule has 1 saturated heterocycles. The molecule has 18 heavy (non-hydrogen) atoms. The molecule has 1 heterocycles. The van der Waals surface area contributed by atoms with Crippen LogP contribution < -0.4 is 11.1 Å². The third-order valence-electron chi connectivity index (χ3n) is 3.97. The van der Waals surface area contributed by atoms with Gasteiger partial charge in [-0.1, -0.05) is 6.92 Å². The van der Waals surface area contributed by atoms with Crippen molar-refractivity contribution >= 4 is 0 Å². The van der Waals surface area contributed by atoms with Crippen LogP contribution in [-0.4, -0.2) is 57.4 Å². The number of ether oxygens (including phenoxy) is 1. The van der Waals surface area contributed by atoms with E-state index in [1.807, 2.05) is 0 Å². The number of hydrogen-bond donors (Lipinski definition) is 2. The molecule has 0 spiro atoms. The minimum absolute atomic E-state index is 0.475. The summed E-state index contributed by atoms with van der Waals surface area (Å²) in [4.78, 5) is 2.54. The standard InChI is InChI=1S/C14H31N3O/c1-3-17-9-6-13(7-10-17)11-16-14(12-18-2)5-4-8-15/h13-14,16H,3-12,15H2,1-2H3. The molecule has 0 saturated carbocycles. The van der Waals surface area contributed by atoms with Crippen LogP contribution in [-0.2, 0) is 4.74 Å². The van der Waals surface area contributed by atoms with Gasteiger partial charge in [0.15, 0.2) is 0 Å². The molecule has 108 valence electrons. The maximum absolute atomic E-state index is 5.57. The number of nitrogens with zero attached hydrogens (tertiary/aromatic N) is 1. The Balaban J connectivity index is 2.17. The van der Waals surface area contributed by atoms with Gasteiger partial charge >= 0.3 is 0 Å². The zero-order chi connectivity index (χ0) is 13.2. The third kappa shape index (κ3) is 6.14. The van der Waals surface area contributed by atoms with Crippen LogP contribution >= 0.6 is 0 Å². The molecular formula is C14H31N3O. The lowest BCUT2D eigenvalue weighted by atomic mass is 9.96. The van der Waals surface area contributed by atoms with Gasteiger partial charge in [-0.05, 0) is 64.3 Å². The van der Waals surface area contributed by atoms with Crippen molar-refractivity contribution < 1.29 is 4.74 Å². The third-order valence-corrected chi connectivity index (χ3v) is 3.97. The van der Waals surface area contributed by atoms with Crippen LogP contribution in [0.3, 0.4) is 0 Å². The van der Waals surface area contributed by atoms with E-state index in [0.29, 0.717) is 6.04 Å². The summed E-state index contributed by atoms with van der Waals surface area (Å²) in [7, 11) is 1.77. The topological polar surface area (TPSA) is 50.5 Å². The van der Waals surface area contributed by atoms with E-state index in [9.17, 15) is 0 Å². The lowest BCUT2D eigenvalue weighted by molar-refractivity contribution is 0.149. The molecule has 0 amide bonds. The van der Waals surface area contributed by atoms with E-state index >= 15 is 0 Å². The number of hydrogen-bond acceptors (Lipinski definition) is 4. The number of rotatable bonds is 9. The quantitative estimate of drug-likeness (QED) is 0.648. The Morgan fingerprint density at radius 2 is 2.11 bits per heavy atom. The Morgan fingerprint density at radius 3 is 2.67 bits per heavy atom. The minimum atomic E-state index is 0.475. The van der Waals surface area contributed by atoms with Gasteiger partial charge in [0.05, 0.1) is 6.61 Å². The number of nitrogens with one attached hydrogen (secondary N) is 1. The highest BCUT2D eigenvalue weighted by Crippen LogP contribution is 2.16. The number of likely N-dealkylation sites (tertiary alicyclic amines) is 1. The summed E-state index contributed by atoms with van der Waals surface area (Å²) in [6.07, 6.45) is 4.86. The maximum atomic E-state index is 5.57. The lowest BCUT2D eigenvalue weighted by Crippen LogP contribution is -2.41. The molecule has 1 atom stereocenters. The minimum Gasteiger partial charge on any atom is -0.383 e. The maximum Gasteiger partial charge on any atom is 0.0615 e. The highest BCUT2D eigenvalue weighted by Gasteiger charge is 2.18. The summed E-state index contributed by atoms with van der Waals surface area (Å²) in [5.41, 5.74) is 5.57. The highest BCUT2D eigenvalue weighted by molar-refractivity contribution is 4.75. The normalized spacial score (nSPS) is 20.2. The van der Waals surface area contributed by atoms with Crippen molar-refractivity contribution in [1.82, 2.24) is 10.2 Å². The first-order chi connectivity index (χ1) is 8.80. The number of nitrogens with two attached hydrogens (primary N) is 1. The van der Waals surface area contributed by atoms with Gasteiger partial charge in [0.2, 0.25) is 0 Å². The van der Waals surface area contributed by atoms with E-state index in [4.69, 9.17) is 10.5 Å². The SMILES string of the molecule is CCN1CCC(CNC(CCCN)COC)CC1. The van der Waals surface area contributed by atoms with Crippen LogP contribution in [0.4, 0.5) is 0 Å². The fourth-order valence-corrected chi connectivity index (χ4v) is 2.65. The first-order valence-corrected chi connectivity index (χ1v) is 7.44. The van der Waals surface area contributed by atoms with Gasteiger partial charge in [-0.2, -0.15) is 0 Å². The van der Waals surface area contributed by atoms with Crippen molar-refractivity contribution in [3.8, 4) is 0 Å². The fraction of sp³-hybridized carbons (Fsp3) is 1.00. The molecule has 1 aliphatic heterocycles. The van der Waals surface area contributed by atoms with E-state index < -0.39 is 0 Å². The molecule has 4 nitrogen and oxygen atoms in total. The summed E-state index contributed by atoms with van der Waals surface area (Å²) >= 11 is 0. The largest absolute Gasteiger partial charge is 0.383 e. The zero-order valence-corrected chi connectivity index (χ0v) is 12.2. The lowest BCUT2D eigenvalue weighted by Gasteiger charge is -2.32. The van der Waals surface area contributed by atoms with E-state index in [-0.39, 0.29) is 0 Å². The molecule has 4 heteroatoms. The van der Waals surface area contributed by atoms with Crippen LogP contribution in [0.15, 0.2) is 0 Å². The molecule has 1 unspecified atom stereocenters. The first-order valence-electron chi connectivity index (χ1n) is 7.44. The van der Waals surface area contributed by atoms with Gasteiger partial charge in [0.1, 0.15) is 0 Å². The molecule has 1 aliphatic rings. The molecule has 0 radical (unpaired) electrons. The second-order valence-electron chi connectivity index (χ2n) is 5.37. The van der Waals surface area contributed by atoms with Gasteiger partial charge in [-0.15, -0.1) is 0 Å². The Kier molecular flexibility index (Phi) is 8.59. The Hall–Kier alpha value is -0.160. The van der Waals surface area contributed by atoms with Crippen LogP contribution in [0, 0.1) is 5.92 Å². The van der Waals surface area contributed by atoms with Crippen molar-refractivity contribution in [3.05, 3.63) is 0 Å². The Labute approximate surface area is 112 Å². The van der Waals surface area contributed by atoms with Crippen LogP contribution in [0.2, 0.25) is 0 Å². The second kappa shape index (κ2) is 9.73. The van der Waals surface area contributed by atoms with Crippen molar-refractivity contribution in [2.75, 3.05) is 46.4 Å². The summed E-state index contributed by atoms with van der Waals surface area (Å²) < 4.78 is 5.26. The van der Waals surface area contributed by atoms with Crippen LogP contribution in [0.1, 0.15) is 32.6 Å².